The van der Waals surface area contributed by atoms with E-state index >= 15 is 0 Å². The molecule has 0 fully saturated rings. The average molecular weight is 168 g/mol. The van der Waals surface area contributed by atoms with Gasteiger partial charge < -0.3 is 5.41 Å². The highest BCUT2D eigenvalue weighted by molar-refractivity contribution is 7.85. The highest BCUT2D eigenvalue weighted by atomic mass is 35.5. The van der Waals surface area contributed by atoms with E-state index in [0.717, 1.165) is 6.42 Å². The molecule has 0 aliphatic carbocycles. The van der Waals surface area contributed by atoms with Crippen LogP contribution >= 0.6 is 11.6 Å². The molecule has 54 valence electrons. The van der Waals surface area contributed by atoms with Gasteiger partial charge in [-0.15, -0.1) is 11.6 Å². The van der Waals surface area contributed by atoms with Gasteiger partial charge in [0.25, 0.3) is 0 Å². The molecule has 2 nitrogen and oxygen atoms in total. The second-order valence-electron chi connectivity index (χ2n) is 1.56. The van der Waals surface area contributed by atoms with Gasteiger partial charge in [-0.1, -0.05) is 0 Å². The van der Waals surface area contributed by atoms with Gasteiger partial charge in [-0.3, -0.25) is 4.21 Å². The molecule has 0 radical (unpaired) electrons. The van der Waals surface area contributed by atoms with Gasteiger partial charge in [-0.05, 0) is 6.42 Å². The van der Waals surface area contributed by atoms with Crippen molar-refractivity contribution in [3.8, 4) is 0 Å². The summed E-state index contributed by atoms with van der Waals surface area (Å²) >= 11 is 5.35. The lowest BCUT2D eigenvalue weighted by atomic mass is 10.6. The molecule has 1 unspecified atom stereocenters. The Kier molecular flexibility index (Phi) is 6.31. The Hall–Kier alpha value is 0.110. The van der Waals surface area contributed by atoms with E-state index in [-0.39, 0.29) is 0 Å². The van der Waals surface area contributed by atoms with Gasteiger partial charge in [0.15, 0.2) is 0 Å². The van der Waals surface area contributed by atoms with Crippen molar-refractivity contribution in [3.63, 3.8) is 0 Å². The molecule has 4 heteroatoms. The SMILES string of the molecule is N=CCS(=O)CCCCl. The third kappa shape index (κ3) is 5.99. The van der Waals surface area contributed by atoms with Crippen molar-refractivity contribution in [1.82, 2.24) is 0 Å². The Labute approximate surface area is 62.6 Å². The molecule has 0 spiro atoms. The van der Waals surface area contributed by atoms with E-state index in [4.69, 9.17) is 17.0 Å². The monoisotopic (exact) mass is 167 g/mol. The van der Waals surface area contributed by atoms with Crippen LogP contribution < -0.4 is 0 Å². The first-order valence-electron chi connectivity index (χ1n) is 2.71. The second kappa shape index (κ2) is 6.23. The first kappa shape index (κ1) is 9.11. The van der Waals surface area contributed by atoms with Crippen LogP contribution in [0.3, 0.4) is 0 Å². The predicted octanol–water partition coefficient (Wildman–Crippen LogP) is 1.01. The largest absolute Gasteiger partial charge is 0.312 e. The van der Waals surface area contributed by atoms with E-state index in [1.54, 1.807) is 0 Å². The first-order chi connectivity index (χ1) is 4.31. The highest BCUT2D eigenvalue weighted by Crippen LogP contribution is 1.88. The minimum atomic E-state index is -0.847. The zero-order valence-electron chi connectivity index (χ0n) is 5.10. The zero-order valence-corrected chi connectivity index (χ0v) is 6.67. The Balaban J connectivity index is 3.16. The van der Waals surface area contributed by atoms with Crippen LogP contribution in [-0.4, -0.2) is 27.8 Å². The Bertz CT molecular complexity index is 107. The van der Waals surface area contributed by atoms with Crippen LogP contribution in [0.1, 0.15) is 6.42 Å². The Morgan fingerprint density at radius 3 is 2.78 bits per heavy atom. The lowest BCUT2D eigenvalue weighted by molar-refractivity contribution is 0.684. The molecule has 0 aromatic heterocycles. The number of nitrogens with one attached hydrogen (secondary N) is 1. The standard InChI is InChI=1S/C5H10ClNOS/c6-2-1-4-9(8)5-3-7/h3,7H,1-2,4-5H2. The summed E-state index contributed by atoms with van der Waals surface area (Å²) in [6.45, 7) is 0. The smallest absolute Gasteiger partial charge is 0.0582 e. The number of rotatable bonds is 5. The molecule has 0 saturated carbocycles. The fourth-order valence-electron chi connectivity index (χ4n) is 0.392. The van der Waals surface area contributed by atoms with Crippen molar-refractivity contribution < 1.29 is 4.21 Å². The van der Waals surface area contributed by atoms with Crippen molar-refractivity contribution in [3.05, 3.63) is 0 Å². The van der Waals surface area contributed by atoms with E-state index in [0.29, 0.717) is 17.4 Å². The van der Waals surface area contributed by atoms with E-state index in [1.807, 2.05) is 0 Å². The van der Waals surface area contributed by atoms with Gasteiger partial charge in [0.05, 0.1) is 5.75 Å². The van der Waals surface area contributed by atoms with Crippen LogP contribution in [-0.2, 0) is 10.8 Å². The third-order valence-corrected chi connectivity index (χ3v) is 2.32. The minimum Gasteiger partial charge on any atom is -0.312 e. The Morgan fingerprint density at radius 2 is 2.33 bits per heavy atom. The van der Waals surface area contributed by atoms with Crippen molar-refractivity contribution in [1.29, 1.82) is 5.41 Å². The molecule has 1 atom stereocenters. The maximum atomic E-state index is 10.7. The molecule has 0 bridgehead atoms. The summed E-state index contributed by atoms with van der Waals surface area (Å²) < 4.78 is 10.7. The lowest BCUT2D eigenvalue weighted by Crippen LogP contribution is -2.03. The minimum absolute atomic E-state index is 0.372. The quantitative estimate of drug-likeness (QED) is 0.482. The summed E-state index contributed by atoms with van der Waals surface area (Å²) in [6, 6.07) is 0. The zero-order chi connectivity index (χ0) is 7.11. The molecule has 0 rings (SSSR count). The maximum Gasteiger partial charge on any atom is 0.0582 e. The molecule has 9 heavy (non-hydrogen) atoms. The van der Waals surface area contributed by atoms with E-state index < -0.39 is 10.8 Å². The normalized spacial score (nSPS) is 13.0. The van der Waals surface area contributed by atoms with Crippen molar-refractivity contribution in [2.24, 2.45) is 0 Å². The van der Waals surface area contributed by atoms with Crippen LogP contribution in [0.4, 0.5) is 0 Å². The molecule has 0 aliphatic heterocycles. The molecule has 1 N–H and O–H groups in total. The number of hydrogen-bond acceptors (Lipinski definition) is 2. The summed E-state index contributed by atoms with van der Waals surface area (Å²) in [5, 5.41) is 6.62. The fourth-order valence-corrected chi connectivity index (χ4v) is 1.50. The van der Waals surface area contributed by atoms with Crippen LogP contribution in [0.25, 0.3) is 0 Å². The van der Waals surface area contributed by atoms with Gasteiger partial charge in [0, 0.05) is 28.6 Å². The second-order valence-corrected chi connectivity index (χ2v) is 3.56. The van der Waals surface area contributed by atoms with E-state index in [2.05, 4.69) is 0 Å². The number of halogens is 1. The molecular weight excluding hydrogens is 158 g/mol. The summed E-state index contributed by atoms with van der Waals surface area (Å²) in [4.78, 5) is 0. The van der Waals surface area contributed by atoms with Crippen LogP contribution in [0.5, 0.6) is 0 Å². The molecule has 0 aromatic rings. The van der Waals surface area contributed by atoms with Crippen molar-refractivity contribution in [2.75, 3.05) is 17.4 Å². The van der Waals surface area contributed by atoms with E-state index in [1.165, 1.54) is 6.21 Å². The summed E-state index contributed by atoms with van der Waals surface area (Å²) in [5.41, 5.74) is 0. The summed E-state index contributed by atoms with van der Waals surface area (Å²) in [6.07, 6.45) is 1.95. The average Bonchev–Trinajstić information content (AvgIpc) is 1.85. The third-order valence-electron chi connectivity index (χ3n) is 0.775. The molecule has 0 aliphatic rings. The Morgan fingerprint density at radius 1 is 1.67 bits per heavy atom. The van der Waals surface area contributed by atoms with Crippen molar-refractivity contribution in [2.45, 2.75) is 6.42 Å². The number of hydrogen-bond donors (Lipinski definition) is 1. The van der Waals surface area contributed by atoms with Gasteiger partial charge in [0.1, 0.15) is 0 Å². The first-order valence-corrected chi connectivity index (χ1v) is 4.73. The van der Waals surface area contributed by atoms with Crippen LogP contribution in [0.2, 0.25) is 0 Å². The molecule has 0 saturated heterocycles. The molecule has 0 amide bonds. The molecular formula is C5H10ClNOS. The van der Waals surface area contributed by atoms with Crippen molar-refractivity contribution >= 4 is 28.6 Å². The number of alkyl halides is 1. The molecule has 0 heterocycles. The summed E-state index contributed by atoms with van der Waals surface area (Å²) in [7, 11) is -0.847. The highest BCUT2D eigenvalue weighted by Gasteiger charge is 1.94. The maximum absolute atomic E-state index is 10.7. The lowest BCUT2D eigenvalue weighted by Gasteiger charge is -1.92. The molecule has 0 aromatic carbocycles. The topological polar surface area (TPSA) is 40.9 Å². The van der Waals surface area contributed by atoms with Gasteiger partial charge in [0.2, 0.25) is 0 Å². The van der Waals surface area contributed by atoms with Crippen LogP contribution in [0.15, 0.2) is 0 Å². The summed E-state index contributed by atoms with van der Waals surface area (Å²) in [5.74, 6) is 1.56. The van der Waals surface area contributed by atoms with Gasteiger partial charge >= 0.3 is 0 Å². The van der Waals surface area contributed by atoms with Gasteiger partial charge in [-0.2, -0.15) is 0 Å². The predicted molar refractivity (Wildman–Crippen MR) is 42.0 cm³/mol. The van der Waals surface area contributed by atoms with Crippen LogP contribution in [0, 0.1) is 5.41 Å². The van der Waals surface area contributed by atoms with Gasteiger partial charge in [-0.25, -0.2) is 0 Å². The fraction of sp³-hybridized carbons (Fsp3) is 0.800. The van der Waals surface area contributed by atoms with E-state index in [9.17, 15) is 4.21 Å².